The molecule has 0 aliphatic heterocycles. The van der Waals surface area contributed by atoms with E-state index in [9.17, 15) is 43.5 Å². The Labute approximate surface area is 677 Å². The van der Waals surface area contributed by atoms with Gasteiger partial charge in [-0.05, 0) is 116 Å². The van der Waals surface area contributed by atoms with Crippen LogP contribution in [0.5, 0.6) is 0 Å². The first-order chi connectivity index (χ1) is 54.2. The van der Waals surface area contributed by atoms with Crippen LogP contribution in [0.4, 0.5) is 0 Å². The van der Waals surface area contributed by atoms with Gasteiger partial charge in [-0.15, -0.1) is 0 Å². The Hall–Kier alpha value is -4.31. The number of carbonyl (C=O) groups is 3. The maximum Gasteiger partial charge on any atom is 0.472 e. The average molecular weight is 1600 g/mol. The van der Waals surface area contributed by atoms with E-state index < -0.39 is 91.5 Å². The van der Waals surface area contributed by atoms with Crippen LogP contribution >= 0.6 is 15.6 Å². The van der Waals surface area contributed by atoms with Crippen molar-refractivity contribution in [2.45, 2.75) is 399 Å². The van der Waals surface area contributed by atoms with Crippen LogP contribution in [0.25, 0.3) is 0 Å². The summed E-state index contributed by atoms with van der Waals surface area (Å²) >= 11 is 0. The number of rotatable bonds is 84. The highest BCUT2D eigenvalue weighted by Gasteiger charge is 2.29. The van der Waals surface area contributed by atoms with Gasteiger partial charge in [-0.1, -0.05) is 379 Å². The molecule has 18 heteroatoms. The Morgan fingerprint density at radius 3 is 0.757 bits per heavy atom. The zero-order valence-corrected chi connectivity index (χ0v) is 72.1. The van der Waals surface area contributed by atoms with E-state index in [2.05, 4.69) is 154 Å². The largest absolute Gasteiger partial charge is 0.472 e. The molecule has 0 aromatic heterocycles. The van der Waals surface area contributed by atoms with Gasteiger partial charge in [0.2, 0.25) is 0 Å². The zero-order valence-electron chi connectivity index (χ0n) is 70.4. The third kappa shape index (κ3) is 86.4. The van der Waals surface area contributed by atoms with Crippen LogP contribution in [0.2, 0.25) is 0 Å². The van der Waals surface area contributed by atoms with E-state index >= 15 is 0 Å². The van der Waals surface area contributed by atoms with Crippen molar-refractivity contribution in [3.63, 3.8) is 0 Å². The van der Waals surface area contributed by atoms with Gasteiger partial charge < -0.3 is 34.2 Å². The number of aliphatic hydroxyl groups is 2. The van der Waals surface area contributed by atoms with Crippen LogP contribution in [0.15, 0.2) is 134 Å². The van der Waals surface area contributed by atoms with Crippen LogP contribution in [-0.2, 0) is 55.8 Å². The Morgan fingerprint density at radius 2 is 0.477 bits per heavy atom. The number of hydrogen-bond acceptors (Lipinski definition) is 14. The summed E-state index contributed by atoms with van der Waals surface area (Å²) in [5.74, 6) is -1.56. The van der Waals surface area contributed by atoms with Crippen molar-refractivity contribution < 1.29 is 75.8 Å². The van der Waals surface area contributed by atoms with Gasteiger partial charge in [0.25, 0.3) is 0 Å². The molecular weight excluding hydrogens is 1430 g/mol. The normalized spacial score (nSPS) is 14.5. The van der Waals surface area contributed by atoms with E-state index in [0.29, 0.717) is 19.3 Å². The maximum atomic E-state index is 13.0. The second kappa shape index (κ2) is 85.1. The molecule has 0 spiro atoms. The fourth-order valence-electron chi connectivity index (χ4n) is 12.2. The SMILES string of the molecule is CC/C=C\C/C=C\C/C=C\C/C=C\C/C=C\C/C=C\CCCCCCCCCCCCC(=O)OCC(COP(=O)(O)OCC(O)COP(=O)(O)OCC(O)COC(=O)CCCCCCCCCCCCCCCCCCCCC/C=C\C/C=C\C/C=C\C/C=C\C/C=C\CC)OC(=O)CCCCCCCCCCCCC. The van der Waals surface area contributed by atoms with E-state index in [1.807, 2.05) is 0 Å². The van der Waals surface area contributed by atoms with Gasteiger partial charge in [0, 0.05) is 19.3 Å². The van der Waals surface area contributed by atoms with E-state index in [1.54, 1.807) is 0 Å². The summed E-state index contributed by atoms with van der Waals surface area (Å²) < 4.78 is 61.3. The van der Waals surface area contributed by atoms with Gasteiger partial charge in [-0.2, -0.15) is 0 Å². The molecule has 0 saturated heterocycles. The van der Waals surface area contributed by atoms with E-state index in [1.165, 1.54) is 173 Å². The van der Waals surface area contributed by atoms with Crippen molar-refractivity contribution >= 4 is 33.6 Å². The zero-order chi connectivity index (χ0) is 80.8. The summed E-state index contributed by atoms with van der Waals surface area (Å²) in [6.45, 7) is 2.49. The minimum atomic E-state index is -4.93. The second-order valence-electron chi connectivity index (χ2n) is 29.6. The van der Waals surface area contributed by atoms with Crippen molar-refractivity contribution in [3.8, 4) is 0 Å². The Morgan fingerprint density at radius 1 is 0.261 bits per heavy atom. The fourth-order valence-corrected chi connectivity index (χ4v) is 13.8. The lowest BCUT2D eigenvalue weighted by atomic mass is 10.0. The van der Waals surface area contributed by atoms with E-state index in [-0.39, 0.29) is 19.3 Å². The molecule has 0 amide bonds. The standard InChI is InChI=1S/C93H162O16P2/c1-4-7-10-13-16-19-22-24-26-28-30-32-34-36-38-40-41-42-43-44-45-47-49-50-52-54-56-58-60-62-65-67-70-73-76-79-91(96)103-82-88(94)83-105-110(99,100)106-84-89(95)85-107-111(101,102)108-87-90(109-93(98)81-78-75-72-69-64-21-18-15-12-9-6-3)86-104-92(97)80-77-74-71-68-66-63-61-59-57-55-53-51-48-46-39-37-35-33-31-29-27-25-23-20-17-14-11-8-5-2/h7-8,10-11,16-17,19-20,24-27,30-33,36-39,48,51,88-90,94-95H,4-6,9,12-15,18,21-23,28-29,34-35,40-47,49-50,52-87H2,1-3H3,(H,99,100)(H,101,102)/b10-7-,11-8-,19-16-,20-17-,26-24-,27-25-,32-30-,33-31-,38-36-,39-37-,51-48-. The predicted octanol–water partition coefficient (Wildman–Crippen LogP) is 27.0. The molecule has 0 bridgehead atoms. The Bertz CT molecular complexity index is 2550. The van der Waals surface area contributed by atoms with Gasteiger partial charge >= 0.3 is 33.6 Å². The molecule has 0 fully saturated rings. The molecule has 5 unspecified atom stereocenters. The van der Waals surface area contributed by atoms with Crippen molar-refractivity contribution in [2.24, 2.45) is 0 Å². The molecule has 0 radical (unpaired) electrons. The number of hydrogen-bond donors (Lipinski definition) is 4. The molecule has 0 aromatic carbocycles. The molecule has 16 nitrogen and oxygen atoms in total. The highest BCUT2D eigenvalue weighted by molar-refractivity contribution is 7.47. The van der Waals surface area contributed by atoms with Crippen molar-refractivity contribution in [1.29, 1.82) is 0 Å². The average Bonchev–Trinajstić information content (AvgIpc) is 0.902. The number of ether oxygens (including phenoxy) is 3. The molecule has 0 aromatic rings. The minimum absolute atomic E-state index is 0.106. The number of phosphoric acid groups is 2. The molecule has 640 valence electrons. The first-order valence-electron chi connectivity index (χ1n) is 44.5. The molecule has 0 rings (SSSR count). The van der Waals surface area contributed by atoms with Gasteiger partial charge in [0.05, 0.1) is 26.4 Å². The molecule has 0 saturated carbocycles. The van der Waals surface area contributed by atoms with Gasteiger partial charge in [0.1, 0.15) is 25.4 Å². The van der Waals surface area contributed by atoms with Gasteiger partial charge in [-0.25, -0.2) is 9.13 Å². The molecule has 5 atom stereocenters. The van der Waals surface area contributed by atoms with Crippen LogP contribution in [0, 0.1) is 0 Å². The van der Waals surface area contributed by atoms with Crippen LogP contribution < -0.4 is 0 Å². The van der Waals surface area contributed by atoms with Crippen molar-refractivity contribution in [1.82, 2.24) is 0 Å². The lowest BCUT2D eigenvalue weighted by Gasteiger charge is -2.21. The molecule has 111 heavy (non-hydrogen) atoms. The highest BCUT2D eigenvalue weighted by atomic mass is 31.2. The summed E-state index contributed by atoms with van der Waals surface area (Å²) in [5, 5.41) is 20.7. The number of phosphoric ester groups is 2. The third-order valence-electron chi connectivity index (χ3n) is 18.9. The quantitative estimate of drug-likeness (QED) is 0.0146. The Balaban J connectivity index is 4.33. The van der Waals surface area contributed by atoms with Gasteiger partial charge in [0.15, 0.2) is 6.10 Å². The first-order valence-corrected chi connectivity index (χ1v) is 47.5. The van der Waals surface area contributed by atoms with E-state index in [0.717, 1.165) is 148 Å². The number of aliphatic hydroxyl groups excluding tert-OH is 2. The smallest absolute Gasteiger partial charge is 0.463 e. The molecule has 0 aliphatic carbocycles. The number of allylic oxidation sites excluding steroid dienone is 22. The van der Waals surface area contributed by atoms with Crippen LogP contribution in [0.1, 0.15) is 380 Å². The van der Waals surface area contributed by atoms with Crippen LogP contribution in [0.3, 0.4) is 0 Å². The van der Waals surface area contributed by atoms with Gasteiger partial charge in [-0.3, -0.25) is 32.5 Å². The first kappa shape index (κ1) is 107. The summed E-state index contributed by atoms with van der Waals surface area (Å²) in [6.07, 6.45) is 105. The number of carbonyl (C=O) groups excluding carboxylic acids is 3. The monoisotopic (exact) mass is 1600 g/mol. The Kier molecular flexibility index (Phi) is 81.8. The minimum Gasteiger partial charge on any atom is -0.463 e. The van der Waals surface area contributed by atoms with Crippen molar-refractivity contribution in [2.75, 3.05) is 39.6 Å². The lowest BCUT2D eigenvalue weighted by Crippen LogP contribution is -2.30. The summed E-state index contributed by atoms with van der Waals surface area (Å²) in [6, 6.07) is 0. The van der Waals surface area contributed by atoms with Crippen LogP contribution in [-0.4, -0.2) is 95.9 Å². The summed E-state index contributed by atoms with van der Waals surface area (Å²) in [7, 11) is -9.79. The molecule has 0 heterocycles. The lowest BCUT2D eigenvalue weighted by molar-refractivity contribution is -0.161. The summed E-state index contributed by atoms with van der Waals surface area (Å²) in [5.41, 5.74) is 0. The summed E-state index contributed by atoms with van der Waals surface area (Å²) in [4.78, 5) is 58.7. The van der Waals surface area contributed by atoms with E-state index in [4.69, 9.17) is 32.3 Å². The number of unbranched alkanes of at least 4 members (excludes halogenated alkanes) is 39. The maximum absolute atomic E-state index is 13.0. The fraction of sp³-hybridized carbons (Fsp3) is 0.731. The molecule has 0 aliphatic rings. The molecular formula is C93H162O16P2. The molecule has 4 N–H and O–H groups in total. The number of esters is 3. The topological polar surface area (TPSA) is 231 Å². The third-order valence-corrected chi connectivity index (χ3v) is 20.8. The van der Waals surface area contributed by atoms with Crippen molar-refractivity contribution in [3.05, 3.63) is 134 Å². The second-order valence-corrected chi connectivity index (χ2v) is 32.6. The highest BCUT2D eigenvalue weighted by Crippen LogP contribution is 2.45. The predicted molar refractivity (Wildman–Crippen MR) is 463 cm³/mol.